The predicted octanol–water partition coefficient (Wildman–Crippen LogP) is 1.21. The summed E-state index contributed by atoms with van der Waals surface area (Å²) in [5.74, 6) is 0.489. The number of likely N-dealkylation sites (tertiary alicyclic amines) is 1. The van der Waals surface area contributed by atoms with Gasteiger partial charge in [-0.25, -0.2) is 0 Å². The summed E-state index contributed by atoms with van der Waals surface area (Å²) in [7, 11) is 2.16. The van der Waals surface area contributed by atoms with Crippen LogP contribution in [-0.2, 0) is 4.79 Å². The lowest BCUT2D eigenvalue weighted by Crippen LogP contribution is -2.43. The quantitative estimate of drug-likeness (QED) is 0.750. The smallest absolute Gasteiger partial charge is 0.220 e. The highest BCUT2D eigenvalue weighted by Crippen LogP contribution is 2.29. The Balaban J connectivity index is 2.29. The lowest BCUT2D eigenvalue weighted by atomic mass is 9.80. The van der Waals surface area contributed by atoms with E-state index >= 15 is 0 Å². The van der Waals surface area contributed by atoms with Crippen molar-refractivity contribution >= 4 is 5.91 Å². The minimum absolute atomic E-state index is 0.160. The van der Waals surface area contributed by atoms with Gasteiger partial charge in [0, 0.05) is 13.0 Å². The Labute approximate surface area is 111 Å². The Bertz CT molecular complexity index is 256. The highest BCUT2D eigenvalue weighted by molar-refractivity contribution is 5.76. The van der Waals surface area contributed by atoms with E-state index < -0.39 is 0 Å². The molecule has 1 unspecified atom stereocenters. The van der Waals surface area contributed by atoms with E-state index in [9.17, 15) is 4.79 Å². The van der Waals surface area contributed by atoms with Gasteiger partial charge in [0.05, 0.1) is 0 Å². The summed E-state index contributed by atoms with van der Waals surface area (Å²) in [5.41, 5.74) is 5.90. The molecule has 1 amide bonds. The molecule has 0 aromatic heterocycles. The summed E-state index contributed by atoms with van der Waals surface area (Å²) >= 11 is 0. The van der Waals surface area contributed by atoms with Gasteiger partial charge in [-0.15, -0.1) is 0 Å². The monoisotopic (exact) mass is 255 g/mol. The van der Waals surface area contributed by atoms with Gasteiger partial charge in [0.25, 0.3) is 0 Å². The second kappa shape index (κ2) is 7.10. The van der Waals surface area contributed by atoms with Crippen LogP contribution < -0.4 is 11.1 Å². The zero-order chi connectivity index (χ0) is 13.6. The number of carbonyl (C=O) groups excluding carboxylic acids is 1. The predicted molar refractivity (Wildman–Crippen MR) is 75.3 cm³/mol. The van der Waals surface area contributed by atoms with Crippen molar-refractivity contribution in [1.82, 2.24) is 10.2 Å². The first-order valence-corrected chi connectivity index (χ1v) is 7.14. The average molecular weight is 255 g/mol. The molecule has 0 aromatic rings. The first-order valence-electron chi connectivity index (χ1n) is 7.14. The summed E-state index contributed by atoms with van der Waals surface area (Å²) in [5, 5.41) is 3.09. The van der Waals surface area contributed by atoms with Gasteiger partial charge in [-0.2, -0.15) is 0 Å². The van der Waals surface area contributed by atoms with E-state index in [2.05, 4.69) is 31.1 Å². The summed E-state index contributed by atoms with van der Waals surface area (Å²) in [6, 6.07) is 0. The van der Waals surface area contributed by atoms with Crippen LogP contribution >= 0.6 is 0 Å². The third-order valence-electron chi connectivity index (χ3n) is 4.29. The third kappa shape index (κ3) is 4.94. The van der Waals surface area contributed by atoms with E-state index in [1.807, 2.05) is 0 Å². The Morgan fingerprint density at radius 3 is 2.56 bits per heavy atom. The fraction of sp³-hybridized carbons (Fsp3) is 0.929. The fourth-order valence-electron chi connectivity index (χ4n) is 2.38. The zero-order valence-electron chi connectivity index (χ0n) is 12.2. The zero-order valence-corrected chi connectivity index (χ0v) is 12.2. The van der Waals surface area contributed by atoms with Crippen molar-refractivity contribution in [2.24, 2.45) is 17.1 Å². The average Bonchev–Trinajstić information content (AvgIpc) is 2.37. The molecular formula is C14H29N3O. The first kappa shape index (κ1) is 15.4. The molecule has 0 saturated carbocycles. The number of hydrogen-bond donors (Lipinski definition) is 2. The summed E-state index contributed by atoms with van der Waals surface area (Å²) in [6.45, 7) is 8.04. The van der Waals surface area contributed by atoms with Crippen molar-refractivity contribution in [1.29, 1.82) is 0 Å². The molecule has 1 fully saturated rings. The van der Waals surface area contributed by atoms with Gasteiger partial charge >= 0.3 is 0 Å². The van der Waals surface area contributed by atoms with E-state index in [1.165, 1.54) is 0 Å². The molecule has 18 heavy (non-hydrogen) atoms. The van der Waals surface area contributed by atoms with Gasteiger partial charge in [-0.3, -0.25) is 4.79 Å². The molecule has 1 aliphatic heterocycles. The number of piperidine rings is 1. The minimum atomic E-state index is 0.160. The number of hydrogen-bond acceptors (Lipinski definition) is 3. The largest absolute Gasteiger partial charge is 0.356 e. The maximum absolute atomic E-state index is 11.8. The third-order valence-corrected chi connectivity index (χ3v) is 4.29. The van der Waals surface area contributed by atoms with Gasteiger partial charge in [-0.1, -0.05) is 20.3 Å². The van der Waals surface area contributed by atoms with Crippen LogP contribution in [0.5, 0.6) is 0 Å². The van der Waals surface area contributed by atoms with Crippen LogP contribution in [0, 0.1) is 11.3 Å². The van der Waals surface area contributed by atoms with Crippen molar-refractivity contribution in [3.8, 4) is 0 Å². The van der Waals surface area contributed by atoms with Crippen LogP contribution in [0.2, 0.25) is 0 Å². The normalized spacial score (nSPS) is 21.6. The second-order valence-electron chi connectivity index (χ2n) is 6.10. The molecule has 0 spiro atoms. The Hall–Kier alpha value is -0.610. The number of nitrogens with zero attached hydrogens (tertiary/aromatic N) is 1. The van der Waals surface area contributed by atoms with Crippen molar-refractivity contribution in [3.63, 3.8) is 0 Å². The molecular weight excluding hydrogens is 226 g/mol. The van der Waals surface area contributed by atoms with Gasteiger partial charge in [-0.05, 0) is 50.9 Å². The van der Waals surface area contributed by atoms with E-state index in [-0.39, 0.29) is 11.3 Å². The molecule has 0 aromatic carbocycles. The van der Waals surface area contributed by atoms with Crippen LogP contribution in [0.1, 0.15) is 39.5 Å². The number of nitrogens with two attached hydrogens (primary N) is 1. The van der Waals surface area contributed by atoms with Crippen LogP contribution in [0.3, 0.4) is 0 Å². The van der Waals surface area contributed by atoms with E-state index in [1.54, 1.807) is 0 Å². The molecule has 3 N–H and O–H groups in total. The topological polar surface area (TPSA) is 58.4 Å². The number of nitrogens with one attached hydrogen (secondary N) is 1. The SMILES string of the molecule is CCC(CN)CC(=O)NCC1(C)CCN(C)CC1. The molecule has 1 saturated heterocycles. The maximum atomic E-state index is 11.8. The van der Waals surface area contributed by atoms with E-state index in [0.29, 0.717) is 18.9 Å². The highest BCUT2D eigenvalue weighted by atomic mass is 16.1. The first-order chi connectivity index (χ1) is 8.49. The summed E-state index contributed by atoms with van der Waals surface area (Å²) < 4.78 is 0. The Morgan fingerprint density at radius 1 is 1.44 bits per heavy atom. The number of amides is 1. The lowest BCUT2D eigenvalue weighted by molar-refractivity contribution is -0.122. The van der Waals surface area contributed by atoms with Crippen molar-refractivity contribution < 1.29 is 4.79 Å². The van der Waals surface area contributed by atoms with Crippen LogP contribution in [0.25, 0.3) is 0 Å². The standard InChI is InChI=1S/C14H29N3O/c1-4-12(10-15)9-13(18)16-11-14(2)5-7-17(3)8-6-14/h12H,4-11,15H2,1-3H3,(H,16,18). The lowest BCUT2D eigenvalue weighted by Gasteiger charge is -2.38. The molecule has 4 nitrogen and oxygen atoms in total. The van der Waals surface area contributed by atoms with Gasteiger partial charge in [0.2, 0.25) is 5.91 Å². The maximum Gasteiger partial charge on any atom is 0.220 e. The number of rotatable bonds is 6. The molecule has 0 bridgehead atoms. The molecule has 106 valence electrons. The van der Waals surface area contributed by atoms with Crippen molar-refractivity contribution in [3.05, 3.63) is 0 Å². The van der Waals surface area contributed by atoms with Crippen LogP contribution in [-0.4, -0.2) is 44.0 Å². The Morgan fingerprint density at radius 2 is 2.06 bits per heavy atom. The molecule has 1 heterocycles. The Kier molecular flexibility index (Phi) is 6.09. The highest BCUT2D eigenvalue weighted by Gasteiger charge is 2.29. The molecule has 1 atom stereocenters. The second-order valence-corrected chi connectivity index (χ2v) is 6.10. The molecule has 4 heteroatoms. The van der Waals surface area contributed by atoms with E-state index in [4.69, 9.17) is 5.73 Å². The van der Waals surface area contributed by atoms with Crippen LogP contribution in [0.4, 0.5) is 0 Å². The summed E-state index contributed by atoms with van der Waals surface area (Å²) in [6.07, 6.45) is 3.88. The number of carbonyl (C=O) groups is 1. The molecule has 1 aliphatic rings. The van der Waals surface area contributed by atoms with Crippen molar-refractivity contribution in [2.45, 2.75) is 39.5 Å². The molecule has 0 radical (unpaired) electrons. The molecule has 1 rings (SSSR count). The summed E-state index contributed by atoms with van der Waals surface area (Å²) in [4.78, 5) is 14.2. The molecule has 0 aliphatic carbocycles. The van der Waals surface area contributed by atoms with Gasteiger partial charge < -0.3 is 16.0 Å². The van der Waals surface area contributed by atoms with E-state index in [0.717, 1.165) is 38.9 Å². The van der Waals surface area contributed by atoms with Crippen LogP contribution in [0.15, 0.2) is 0 Å². The minimum Gasteiger partial charge on any atom is -0.356 e. The van der Waals surface area contributed by atoms with Gasteiger partial charge in [0.15, 0.2) is 0 Å². The van der Waals surface area contributed by atoms with Gasteiger partial charge in [0.1, 0.15) is 0 Å². The fourth-order valence-corrected chi connectivity index (χ4v) is 2.38. The van der Waals surface area contributed by atoms with Crippen molar-refractivity contribution in [2.75, 3.05) is 33.2 Å².